The molecular weight excluding hydrogens is 406 g/mol. The molecule has 33 heavy (non-hydrogen) atoms. The zero-order valence-corrected chi connectivity index (χ0v) is 21.8. The summed E-state index contributed by atoms with van der Waals surface area (Å²) in [6.07, 6.45) is 11.0. The number of rotatable bonds is 4. The molecule has 4 aliphatic carbocycles. The highest BCUT2D eigenvalue weighted by Crippen LogP contribution is 2.74. The SMILES string of the molecule is C=C(C)[C@@H]1CC[C@]2(C)[C@H](CC=C3C4[C@@H](C)[C@H](C)CC[C@]4(C(=O)O)CC[C@]32C)[C@@]1(C)CCC#N. The molecule has 0 aromatic carbocycles. The van der Waals surface area contributed by atoms with Gasteiger partial charge >= 0.3 is 5.97 Å². The van der Waals surface area contributed by atoms with Gasteiger partial charge in [0.15, 0.2) is 0 Å². The molecule has 3 heteroatoms. The van der Waals surface area contributed by atoms with Crippen LogP contribution >= 0.6 is 0 Å². The molecule has 182 valence electrons. The van der Waals surface area contributed by atoms with Crippen molar-refractivity contribution in [2.75, 3.05) is 0 Å². The standard InChI is InChI=1S/C30H45NO2/c1-19(2)22-12-14-29(7)24(27(22,5)13-8-18-31)10-9-23-25-21(4)20(3)11-15-30(25,26(32)33)17-16-28(23,29)6/h9,20-22,24-25H,1,8,10-17H2,2-7H3,(H,32,33)/t20-,21+,22+,24-,25?,27+,28-,29-,30+/m1/s1. The maximum absolute atomic E-state index is 12.8. The van der Waals surface area contributed by atoms with Crippen molar-refractivity contribution >= 4 is 5.97 Å². The molecule has 4 rings (SSSR count). The molecule has 0 spiro atoms. The number of carboxylic acid groups (broad SMARTS) is 1. The van der Waals surface area contributed by atoms with Crippen molar-refractivity contribution in [3.05, 3.63) is 23.8 Å². The molecule has 0 saturated heterocycles. The zero-order valence-electron chi connectivity index (χ0n) is 21.8. The zero-order chi connectivity index (χ0) is 24.4. The van der Waals surface area contributed by atoms with E-state index in [1.807, 2.05) is 0 Å². The minimum atomic E-state index is -0.584. The summed E-state index contributed by atoms with van der Waals surface area (Å²) in [6, 6.07) is 2.43. The first kappa shape index (κ1) is 24.6. The topological polar surface area (TPSA) is 61.1 Å². The highest BCUT2D eigenvalue weighted by molar-refractivity contribution is 5.76. The first-order valence-electron chi connectivity index (χ1n) is 13.4. The molecule has 9 atom stereocenters. The van der Waals surface area contributed by atoms with Crippen molar-refractivity contribution in [1.29, 1.82) is 5.26 Å². The van der Waals surface area contributed by atoms with Crippen molar-refractivity contribution in [3.8, 4) is 6.07 Å². The van der Waals surface area contributed by atoms with Gasteiger partial charge in [-0.25, -0.2) is 0 Å². The van der Waals surface area contributed by atoms with E-state index in [1.165, 1.54) is 17.6 Å². The number of fused-ring (bicyclic) bond motifs is 5. The van der Waals surface area contributed by atoms with Gasteiger partial charge in [-0.1, -0.05) is 58.4 Å². The number of allylic oxidation sites excluding steroid dienone is 3. The lowest BCUT2D eigenvalue weighted by Crippen LogP contribution is -2.62. The molecule has 0 aromatic rings. The van der Waals surface area contributed by atoms with Crippen LogP contribution in [0.2, 0.25) is 0 Å². The van der Waals surface area contributed by atoms with Gasteiger partial charge in [-0.3, -0.25) is 4.79 Å². The molecule has 0 aliphatic heterocycles. The molecule has 0 heterocycles. The van der Waals surface area contributed by atoms with Crippen molar-refractivity contribution < 1.29 is 9.90 Å². The molecule has 0 aromatic heterocycles. The third-order valence-electron chi connectivity index (χ3n) is 12.1. The highest BCUT2D eigenvalue weighted by Gasteiger charge is 2.67. The largest absolute Gasteiger partial charge is 0.481 e. The van der Waals surface area contributed by atoms with Crippen LogP contribution in [0.3, 0.4) is 0 Å². The Morgan fingerprint density at radius 2 is 1.88 bits per heavy atom. The Balaban J connectivity index is 1.84. The van der Waals surface area contributed by atoms with Crippen LogP contribution < -0.4 is 0 Å². The second-order valence-electron chi connectivity index (χ2n) is 13.1. The van der Waals surface area contributed by atoms with E-state index in [9.17, 15) is 15.2 Å². The predicted molar refractivity (Wildman–Crippen MR) is 133 cm³/mol. The third-order valence-corrected chi connectivity index (χ3v) is 12.1. The summed E-state index contributed by atoms with van der Waals surface area (Å²) in [7, 11) is 0. The lowest BCUT2D eigenvalue weighted by molar-refractivity contribution is -0.173. The summed E-state index contributed by atoms with van der Waals surface area (Å²) in [5, 5.41) is 20.0. The molecule has 1 unspecified atom stereocenters. The molecule has 3 nitrogen and oxygen atoms in total. The summed E-state index contributed by atoms with van der Waals surface area (Å²) in [5.74, 6) is 1.51. The lowest BCUT2D eigenvalue weighted by Gasteiger charge is -2.69. The molecule has 1 N–H and O–H groups in total. The lowest BCUT2D eigenvalue weighted by atomic mass is 9.35. The van der Waals surface area contributed by atoms with Crippen molar-refractivity contribution in [2.24, 2.45) is 51.2 Å². The maximum Gasteiger partial charge on any atom is 0.310 e. The van der Waals surface area contributed by atoms with Crippen molar-refractivity contribution in [3.63, 3.8) is 0 Å². The van der Waals surface area contributed by atoms with Crippen LogP contribution in [-0.2, 0) is 4.79 Å². The third kappa shape index (κ3) is 3.15. The van der Waals surface area contributed by atoms with Gasteiger partial charge in [-0.15, -0.1) is 0 Å². The van der Waals surface area contributed by atoms with Crippen LogP contribution in [0, 0.1) is 62.6 Å². The van der Waals surface area contributed by atoms with Gasteiger partial charge < -0.3 is 5.11 Å². The van der Waals surface area contributed by atoms with Crippen LogP contribution in [0.4, 0.5) is 0 Å². The fourth-order valence-corrected chi connectivity index (χ4v) is 9.71. The second-order valence-corrected chi connectivity index (χ2v) is 13.1. The van der Waals surface area contributed by atoms with Crippen molar-refractivity contribution in [1.82, 2.24) is 0 Å². The number of carboxylic acids is 1. The Labute approximate surface area is 201 Å². The minimum absolute atomic E-state index is 0.0266. The minimum Gasteiger partial charge on any atom is -0.481 e. The Hall–Kier alpha value is -1.56. The Kier molecular flexibility index (Phi) is 5.95. The first-order chi connectivity index (χ1) is 15.4. The van der Waals surface area contributed by atoms with Crippen LogP contribution in [0.25, 0.3) is 0 Å². The summed E-state index contributed by atoms with van der Waals surface area (Å²) < 4.78 is 0. The van der Waals surface area contributed by atoms with Gasteiger partial charge in [-0.2, -0.15) is 5.26 Å². The van der Waals surface area contributed by atoms with Crippen LogP contribution in [-0.4, -0.2) is 11.1 Å². The first-order valence-corrected chi connectivity index (χ1v) is 13.4. The highest BCUT2D eigenvalue weighted by atomic mass is 16.4. The quantitative estimate of drug-likeness (QED) is 0.444. The smallest absolute Gasteiger partial charge is 0.310 e. The Bertz CT molecular complexity index is 913. The average Bonchev–Trinajstić information content (AvgIpc) is 2.75. The number of nitrogens with zero attached hydrogens (tertiary/aromatic N) is 1. The molecule has 4 aliphatic rings. The number of hydrogen-bond acceptors (Lipinski definition) is 2. The molecular formula is C30H45NO2. The maximum atomic E-state index is 12.8. The molecule has 0 bridgehead atoms. The summed E-state index contributed by atoms with van der Waals surface area (Å²) >= 11 is 0. The van der Waals surface area contributed by atoms with E-state index in [4.69, 9.17) is 0 Å². The van der Waals surface area contributed by atoms with Crippen LogP contribution in [0.15, 0.2) is 23.8 Å². The van der Waals surface area contributed by atoms with Crippen LogP contribution in [0.5, 0.6) is 0 Å². The van der Waals surface area contributed by atoms with E-state index in [0.29, 0.717) is 30.1 Å². The summed E-state index contributed by atoms with van der Waals surface area (Å²) in [4.78, 5) is 12.8. The van der Waals surface area contributed by atoms with Crippen molar-refractivity contribution in [2.45, 2.75) is 99.3 Å². The number of hydrogen-bond donors (Lipinski definition) is 1. The van der Waals surface area contributed by atoms with E-state index < -0.39 is 11.4 Å². The Morgan fingerprint density at radius 3 is 2.48 bits per heavy atom. The predicted octanol–water partition coefficient (Wildman–Crippen LogP) is 7.79. The number of aliphatic carboxylic acids is 1. The monoisotopic (exact) mass is 451 g/mol. The van der Waals surface area contributed by atoms with Gasteiger partial charge in [0.25, 0.3) is 0 Å². The molecule has 0 amide bonds. The van der Waals surface area contributed by atoms with E-state index in [2.05, 4.69) is 60.3 Å². The summed E-state index contributed by atoms with van der Waals surface area (Å²) in [6.45, 7) is 18.6. The number of carbonyl (C=O) groups is 1. The van der Waals surface area contributed by atoms with Gasteiger partial charge in [0.2, 0.25) is 0 Å². The van der Waals surface area contributed by atoms with Gasteiger partial charge in [0.05, 0.1) is 11.5 Å². The normalized spacial score (nSPS) is 49.0. The fraction of sp³-hybridized carbons (Fsp3) is 0.800. The van der Waals surface area contributed by atoms with E-state index >= 15 is 0 Å². The fourth-order valence-electron chi connectivity index (χ4n) is 9.71. The number of nitriles is 1. The van der Waals surface area contributed by atoms with Gasteiger partial charge in [0, 0.05) is 6.42 Å². The van der Waals surface area contributed by atoms with Gasteiger partial charge in [-0.05, 0) is 104 Å². The van der Waals surface area contributed by atoms with Crippen LogP contribution in [0.1, 0.15) is 99.3 Å². The summed E-state index contributed by atoms with van der Waals surface area (Å²) in [5.41, 5.74) is 2.37. The van der Waals surface area contributed by atoms with E-state index in [-0.39, 0.29) is 22.2 Å². The molecule has 3 fully saturated rings. The second kappa shape index (κ2) is 8.00. The van der Waals surface area contributed by atoms with Gasteiger partial charge in [0.1, 0.15) is 0 Å². The Morgan fingerprint density at radius 1 is 1.18 bits per heavy atom. The average molecular weight is 452 g/mol. The molecule has 0 radical (unpaired) electrons. The van der Waals surface area contributed by atoms with E-state index in [0.717, 1.165) is 44.9 Å². The van der Waals surface area contributed by atoms with E-state index in [1.54, 1.807) is 0 Å². The molecule has 3 saturated carbocycles.